The van der Waals surface area contributed by atoms with Crippen LogP contribution in [0.15, 0.2) is 18.3 Å². The third-order valence-electron chi connectivity index (χ3n) is 4.03. The Morgan fingerprint density at radius 2 is 2.11 bits per heavy atom. The van der Waals surface area contributed by atoms with E-state index < -0.39 is 0 Å². The number of hydrogen-bond donors (Lipinski definition) is 2. The van der Waals surface area contributed by atoms with Crippen molar-refractivity contribution < 1.29 is 4.79 Å². The number of aromatic nitrogens is 1. The maximum Gasteiger partial charge on any atom is 0.269 e. The molecule has 0 unspecified atom stereocenters. The van der Waals surface area contributed by atoms with Crippen LogP contribution in [0.2, 0.25) is 0 Å². The molecule has 0 aromatic carbocycles. The van der Waals surface area contributed by atoms with Crippen molar-refractivity contribution in [2.75, 3.05) is 12.3 Å². The lowest BCUT2D eigenvalue weighted by molar-refractivity contribution is 0.0931. The summed E-state index contributed by atoms with van der Waals surface area (Å²) in [6.07, 6.45) is 6.39. The first-order valence-corrected chi connectivity index (χ1v) is 6.96. The molecular formula is C15H23N3O. The van der Waals surface area contributed by atoms with E-state index in [0.717, 1.165) is 6.54 Å². The van der Waals surface area contributed by atoms with Gasteiger partial charge < -0.3 is 11.1 Å². The quantitative estimate of drug-likeness (QED) is 0.878. The first kappa shape index (κ1) is 13.8. The van der Waals surface area contributed by atoms with Crippen LogP contribution in [0.3, 0.4) is 0 Å². The molecule has 0 aliphatic heterocycles. The first-order valence-electron chi connectivity index (χ1n) is 6.96. The Bertz CT molecular complexity index is 429. The zero-order valence-electron chi connectivity index (χ0n) is 11.8. The average Bonchev–Trinajstić information content (AvgIpc) is 2.38. The van der Waals surface area contributed by atoms with Crippen LogP contribution in [-0.2, 0) is 0 Å². The molecule has 4 nitrogen and oxygen atoms in total. The molecule has 1 saturated carbocycles. The van der Waals surface area contributed by atoms with Crippen molar-refractivity contribution in [3.05, 3.63) is 24.0 Å². The normalized spacial score (nSPS) is 19.1. The SMILES string of the molecule is CC1(C)CCC(CNC(=O)c2ccc(N)cn2)CC1. The fraction of sp³-hybridized carbons (Fsp3) is 0.600. The van der Waals surface area contributed by atoms with E-state index in [4.69, 9.17) is 5.73 Å². The first-order chi connectivity index (χ1) is 8.96. The van der Waals surface area contributed by atoms with Crippen molar-refractivity contribution in [3.8, 4) is 0 Å². The van der Waals surface area contributed by atoms with E-state index in [9.17, 15) is 4.79 Å². The third-order valence-corrected chi connectivity index (χ3v) is 4.03. The minimum Gasteiger partial charge on any atom is -0.397 e. The number of carbonyl (C=O) groups excluding carboxylic acids is 1. The lowest BCUT2D eigenvalue weighted by Gasteiger charge is -2.34. The van der Waals surface area contributed by atoms with Crippen molar-refractivity contribution >= 4 is 11.6 Å². The molecule has 1 heterocycles. The van der Waals surface area contributed by atoms with Gasteiger partial charge in [0.2, 0.25) is 0 Å². The summed E-state index contributed by atoms with van der Waals surface area (Å²) >= 11 is 0. The van der Waals surface area contributed by atoms with Crippen LogP contribution < -0.4 is 11.1 Å². The van der Waals surface area contributed by atoms with Crippen molar-refractivity contribution in [1.82, 2.24) is 10.3 Å². The predicted octanol–water partition coefficient (Wildman–Crippen LogP) is 2.61. The van der Waals surface area contributed by atoms with Crippen LogP contribution in [0.1, 0.15) is 50.0 Å². The Labute approximate surface area is 114 Å². The van der Waals surface area contributed by atoms with E-state index in [1.807, 2.05) is 0 Å². The van der Waals surface area contributed by atoms with Gasteiger partial charge in [0.05, 0.1) is 11.9 Å². The summed E-state index contributed by atoms with van der Waals surface area (Å²) in [6, 6.07) is 3.36. The van der Waals surface area contributed by atoms with Crippen LogP contribution in [-0.4, -0.2) is 17.4 Å². The summed E-state index contributed by atoms with van der Waals surface area (Å²) in [5.41, 5.74) is 7.03. The standard InChI is InChI=1S/C15H23N3O/c1-15(2)7-5-11(6-8-15)9-18-14(19)13-4-3-12(16)10-17-13/h3-4,10-11H,5-9,16H2,1-2H3,(H,18,19). The van der Waals surface area contributed by atoms with E-state index in [1.165, 1.54) is 31.9 Å². The molecule has 1 aliphatic rings. The highest BCUT2D eigenvalue weighted by Crippen LogP contribution is 2.37. The number of hydrogen-bond acceptors (Lipinski definition) is 3. The summed E-state index contributed by atoms with van der Waals surface area (Å²) in [4.78, 5) is 15.9. The molecule has 0 spiro atoms. The lowest BCUT2D eigenvalue weighted by atomic mass is 9.73. The van der Waals surface area contributed by atoms with Crippen LogP contribution in [0.5, 0.6) is 0 Å². The van der Waals surface area contributed by atoms with Gasteiger partial charge in [0, 0.05) is 6.54 Å². The van der Waals surface area contributed by atoms with E-state index in [1.54, 1.807) is 12.1 Å². The van der Waals surface area contributed by atoms with Gasteiger partial charge in [-0.25, -0.2) is 4.98 Å². The topological polar surface area (TPSA) is 68.0 Å². The number of nitrogen functional groups attached to an aromatic ring is 1. The monoisotopic (exact) mass is 261 g/mol. The molecule has 19 heavy (non-hydrogen) atoms. The average molecular weight is 261 g/mol. The number of nitrogens with one attached hydrogen (secondary N) is 1. The second-order valence-electron chi connectivity index (χ2n) is 6.29. The van der Waals surface area contributed by atoms with Gasteiger partial charge in [0.25, 0.3) is 5.91 Å². The van der Waals surface area contributed by atoms with Crippen LogP contribution in [0, 0.1) is 11.3 Å². The highest BCUT2D eigenvalue weighted by atomic mass is 16.1. The highest BCUT2D eigenvalue weighted by molar-refractivity contribution is 5.92. The molecule has 0 radical (unpaired) electrons. The van der Waals surface area contributed by atoms with Gasteiger partial charge in [0.15, 0.2) is 0 Å². The number of nitrogens with two attached hydrogens (primary N) is 1. The summed E-state index contributed by atoms with van der Waals surface area (Å²) < 4.78 is 0. The number of nitrogens with zero attached hydrogens (tertiary/aromatic N) is 1. The molecule has 1 fully saturated rings. The molecule has 0 saturated heterocycles. The zero-order valence-corrected chi connectivity index (χ0v) is 11.8. The number of rotatable bonds is 3. The van der Waals surface area contributed by atoms with Gasteiger partial charge in [-0.3, -0.25) is 4.79 Å². The molecule has 2 rings (SSSR count). The van der Waals surface area contributed by atoms with Crippen molar-refractivity contribution in [1.29, 1.82) is 0 Å². The molecule has 0 atom stereocenters. The Kier molecular flexibility index (Phi) is 4.08. The minimum absolute atomic E-state index is 0.107. The van der Waals surface area contributed by atoms with E-state index >= 15 is 0 Å². The van der Waals surface area contributed by atoms with Crippen LogP contribution in [0.25, 0.3) is 0 Å². The Morgan fingerprint density at radius 3 is 2.68 bits per heavy atom. The van der Waals surface area contributed by atoms with Gasteiger partial charge in [-0.15, -0.1) is 0 Å². The number of amides is 1. The van der Waals surface area contributed by atoms with E-state index in [-0.39, 0.29) is 5.91 Å². The fourth-order valence-corrected chi connectivity index (χ4v) is 2.53. The number of anilines is 1. The van der Waals surface area contributed by atoms with Gasteiger partial charge in [-0.1, -0.05) is 13.8 Å². The predicted molar refractivity (Wildman–Crippen MR) is 76.7 cm³/mol. The molecule has 1 aromatic heterocycles. The third kappa shape index (κ3) is 3.94. The summed E-state index contributed by atoms with van der Waals surface area (Å²) in [7, 11) is 0. The maximum absolute atomic E-state index is 11.9. The lowest BCUT2D eigenvalue weighted by Crippen LogP contribution is -2.33. The molecule has 104 valence electrons. The Hall–Kier alpha value is -1.58. The molecule has 4 heteroatoms. The molecular weight excluding hydrogens is 238 g/mol. The molecule has 0 bridgehead atoms. The second-order valence-corrected chi connectivity index (χ2v) is 6.29. The van der Waals surface area contributed by atoms with Crippen molar-refractivity contribution in [3.63, 3.8) is 0 Å². The van der Waals surface area contributed by atoms with Crippen molar-refractivity contribution in [2.45, 2.75) is 39.5 Å². The fourth-order valence-electron chi connectivity index (χ4n) is 2.53. The van der Waals surface area contributed by atoms with Crippen molar-refractivity contribution in [2.24, 2.45) is 11.3 Å². The van der Waals surface area contributed by atoms with Gasteiger partial charge >= 0.3 is 0 Å². The van der Waals surface area contributed by atoms with E-state index in [0.29, 0.717) is 22.7 Å². The van der Waals surface area contributed by atoms with E-state index in [2.05, 4.69) is 24.1 Å². The minimum atomic E-state index is -0.107. The number of pyridine rings is 1. The maximum atomic E-state index is 11.9. The molecule has 1 aromatic rings. The summed E-state index contributed by atoms with van der Waals surface area (Å²) in [5, 5.41) is 2.97. The Balaban J connectivity index is 1.80. The van der Waals surface area contributed by atoms with Crippen LogP contribution >= 0.6 is 0 Å². The highest BCUT2D eigenvalue weighted by Gasteiger charge is 2.26. The zero-order chi connectivity index (χ0) is 13.9. The second kappa shape index (κ2) is 5.59. The molecule has 1 amide bonds. The molecule has 1 aliphatic carbocycles. The Morgan fingerprint density at radius 1 is 1.42 bits per heavy atom. The van der Waals surface area contributed by atoms with Gasteiger partial charge in [-0.05, 0) is 49.1 Å². The van der Waals surface area contributed by atoms with Gasteiger partial charge in [0.1, 0.15) is 5.69 Å². The largest absolute Gasteiger partial charge is 0.397 e. The number of carbonyl (C=O) groups is 1. The summed E-state index contributed by atoms with van der Waals surface area (Å²) in [5.74, 6) is 0.496. The van der Waals surface area contributed by atoms with Crippen LogP contribution in [0.4, 0.5) is 5.69 Å². The van der Waals surface area contributed by atoms with Gasteiger partial charge in [-0.2, -0.15) is 0 Å². The molecule has 3 N–H and O–H groups in total. The smallest absolute Gasteiger partial charge is 0.269 e. The summed E-state index contributed by atoms with van der Waals surface area (Å²) in [6.45, 7) is 5.39.